The van der Waals surface area contributed by atoms with Gasteiger partial charge in [0.2, 0.25) is 0 Å². The summed E-state index contributed by atoms with van der Waals surface area (Å²) < 4.78 is 26.6. The van der Waals surface area contributed by atoms with Crippen LogP contribution in [0.25, 0.3) is 0 Å². The van der Waals surface area contributed by atoms with Crippen molar-refractivity contribution < 1.29 is 8.78 Å². The summed E-state index contributed by atoms with van der Waals surface area (Å²) in [6, 6.07) is 8.42. The number of aryl methyl sites for hydroxylation is 1. The molecule has 0 bridgehead atoms. The third-order valence-corrected chi connectivity index (χ3v) is 3.29. The molecule has 2 aromatic carbocycles. The fourth-order valence-electron chi connectivity index (χ4n) is 2.02. The van der Waals surface area contributed by atoms with E-state index < -0.39 is 11.9 Å². The van der Waals surface area contributed by atoms with Crippen molar-refractivity contribution in [2.75, 3.05) is 0 Å². The predicted molar refractivity (Wildman–Crippen MR) is 71.7 cm³/mol. The van der Waals surface area contributed by atoms with Gasteiger partial charge in [-0.05, 0) is 47.9 Å². The number of hydrogen-bond acceptors (Lipinski definition) is 2. The zero-order chi connectivity index (χ0) is 14.0. The Kier molecular flexibility index (Phi) is 4.14. The Morgan fingerprint density at radius 2 is 1.89 bits per heavy atom. The molecule has 3 N–H and O–H groups in total. The Labute approximate surface area is 115 Å². The van der Waals surface area contributed by atoms with Crippen LogP contribution in [0.1, 0.15) is 22.7 Å². The van der Waals surface area contributed by atoms with E-state index in [0.29, 0.717) is 5.56 Å². The van der Waals surface area contributed by atoms with Gasteiger partial charge in [0.05, 0.1) is 11.1 Å². The molecule has 0 aromatic heterocycles. The first-order chi connectivity index (χ1) is 9.02. The van der Waals surface area contributed by atoms with Crippen molar-refractivity contribution in [3.63, 3.8) is 0 Å². The lowest BCUT2D eigenvalue weighted by atomic mass is 9.95. The Bertz CT molecular complexity index is 602. The van der Waals surface area contributed by atoms with Gasteiger partial charge in [-0.2, -0.15) is 0 Å². The first kappa shape index (κ1) is 13.9. The summed E-state index contributed by atoms with van der Waals surface area (Å²) in [4.78, 5) is 0. The third-order valence-electron chi connectivity index (χ3n) is 2.99. The first-order valence-electron chi connectivity index (χ1n) is 5.70. The van der Waals surface area contributed by atoms with E-state index >= 15 is 0 Å². The van der Waals surface area contributed by atoms with Crippen LogP contribution < -0.4 is 11.3 Å². The highest BCUT2D eigenvalue weighted by atomic mass is 35.5. The number of benzene rings is 2. The highest BCUT2D eigenvalue weighted by Crippen LogP contribution is 2.27. The van der Waals surface area contributed by atoms with E-state index in [1.54, 1.807) is 19.1 Å². The fraction of sp³-hybridized carbons (Fsp3) is 0.143. The minimum absolute atomic E-state index is 0.0512. The Hall–Kier alpha value is -1.49. The summed E-state index contributed by atoms with van der Waals surface area (Å²) in [6.45, 7) is 1.77. The van der Waals surface area contributed by atoms with Gasteiger partial charge in [0.1, 0.15) is 11.6 Å². The van der Waals surface area contributed by atoms with Crippen molar-refractivity contribution in [1.82, 2.24) is 5.43 Å². The number of nitrogens with one attached hydrogen (secondary N) is 1. The molecular formula is C14H13ClF2N2. The lowest BCUT2D eigenvalue weighted by Gasteiger charge is -2.19. The summed E-state index contributed by atoms with van der Waals surface area (Å²) in [7, 11) is 0. The van der Waals surface area contributed by atoms with E-state index in [-0.39, 0.29) is 10.8 Å². The molecule has 0 saturated heterocycles. The number of hydrazine groups is 1. The molecule has 2 nitrogen and oxygen atoms in total. The summed E-state index contributed by atoms with van der Waals surface area (Å²) in [5.74, 6) is 4.70. The maximum Gasteiger partial charge on any atom is 0.142 e. The molecule has 2 aromatic rings. The van der Waals surface area contributed by atoms with Gasteiger partial charge in [-0.1, -0.05) is 23.7 Å². The van der Waals surface area contributed by atoms with Crippen LogP contribution in [0.4, 0.5) is 8.78 Å². The first-order valence-corrected chi connectivity index (χ1v) is 6.08. The van der Waals surface area contributed by atoms with E-state index in [0.717, 1.165) is 11.1 Å². The molecule has 100 valence electrons. The van der Waals surface area contributed by atoms with Crippen LogP contribution in [0.2, 0.25) is 5.02 Å². The van der Waals surface area contributed by atoms with Crippen LogP contribution in [0.3, 0.4) is 0 Å². The Morgan fingerprint density at radius 1 is 1.16 bits per heavy atom. The van der Waals surface area contributed by atoms with Crippen LogP contribution in [0.5, 0.6) is 0 Å². The van der Waals surface area contributed by atoms with E-state index in [9.17, 15) is 8.78 Å². The maximum atomic E-state index is 13.5. The minimum Gasteiger partial charge on any atom is -0.271 e. The van der Waals surface area contributed by atoms with Crippen molar-refractivity contribution in [2.24, 2.45) is 5.84 Å². The number of hydrogen-bond donors (Lipinski definition) is 2. The number of rotatable bonds is 3. The van der Waals surface area contributed by atoms with Gasteiger partial charge in [-0.15, -0.1) is 0 Å². The highest BCUT2D eigenvalue weighted by Gasteiger charge is 2.16. The van der Waals surface area contributed by atoms with Gasteiger partial charge < -0.3 is 0 Å². The Balaban J connectivity index is 2.46. The normalized spacial score (nSPS) is 12.5. The molecule has 1 atom stereocenters. The maximum absolute atomic E-state index is 13.5. The average Bonchev–Trinajstić information content (AvgIpc) is 2.37. The van der Waals surface area contributed by atoms with E-state index in [1.165, 1.54) is 24.3 Å². The molecule has 0 fully saturated rings. The molecule has 1 unspecified atom stereocenters. The molecular weight excluding hydrogens is 270 g/mol. The van der Waals surface area contributed by atoms with Crippen LogP contribution >= 0.6 is 11.6 Å². The molecule has 19 heavy (non-hydrogen) atoms. The average molecular weight is 283 g/mol. The van der Waals surface area contributed by atoms with Gasteiger partial charge in [0.25, 0.3) is 0 Å². The summed E-state index contributed by atoms with van der Waals surface area (Å²) >= 11 is 5.65. The SMILES string of the molecule is Cc1cc(F)ccc1C(NN)c1ccc(Cl)c(F)c1. The van der Waals surface area contributed by atoms with Gasteiger partial charge in [-0.25, -0.2) is 14.2 Å². The van der Waals surface area contributed by atoms with Crippen LogP contribution in [0.15, 0.2) is 36.4 Å². The molecule has 2 rings (SSSR count). The van der Waals surface area contributed by atoms with E-state index in [2.05, 4.69) is 5.43 Å². The van der Waals surface area contributed by atoms with Gasteiger partial charge >= 0.3 is 0 Å². The largest absolute Gasteiger partial charge is 0.271 e. The second-order valence-electron chi connectivity index (χ2n) is 4.27. The topological polar surface area (TPSA) is 38.0 Å². The third kappa shape index (κ3) is 2.92. The predicted octanol–water partition coefficient (Wildman–Crippen LogP) is 3.48. The number of nitrogens with two attached hydrogens (primary N) is 1. The quantitative estimate of drug-likeness (QED) is 0.668. The smallest absolute Gasteiger partial charge is 0.142 e. The van der Waals surface area contributed by atoms with Crippen LogP contribution in [-0.2, 0) is 0 Å². The molecule has 0 aliphatic rings. The molecule has 0 amide bonds. The van der Waals surface area contributed by atoms with Gasteiger partial charge in [-0.3, -0.25) is 5.84 Å². The van der Waals surface area contributed by atoms with Crippen LogP contribution in [-0.4, -0.2) is 0 Å². The summed E-state index contributed by atoms with van der Waals surface area (Å²) in [5.41, 5.74) is 4.75. The standard InChI is InChI=1S/C14H13ClF2N2/c1-8-6-10(16)3-4-11(8)14(19-18)9-2-5-12(15)13(17)7-9/h2-7,14,19H,18H2,1H3. The van der Waals surface area contributed by atoms with Crippen LogP contribution in [0, 0.1) is 18.6 Å². The molecule has 0 spiro atoms. The number of halogens is 3. The van der Waals surface area contributed by atoms with Gasteiger partial charge in [0, 0.05) is 0 Å². The monoisotopic (exact) mass is 282 g/mol. The molecule has 0 aliphatic heterocycles. The van der Waals surface area contributed by atoms with Crippen molar-refractivity contribution in [1.29, 1.82) is 0 Å². The molecule has 0 heterocycles. The fourth-order valence-corrected chi connectivity index (χ4v) is 2.14. The summed E-state index contributed by atoms with van der Waals surface area (Å²) in [6.07, 6.45) is 0. The second kappa shape index (κ2) is 5.65. The molecule has 0 radical (unpaired) electrons. The summed E-state index contributed by atoms with van der Waals surface area (Å²) in [5, 5.41) is 0.0512. The Morgan fingerprint density at radius 3 is 2.47 bits per heavy atom. The zero-order valence-electron chi connectivity index (χ0n) is 10.3. The van der Waals surface area contributed by atoms with Crippen molar-refractivity contribution in [3.05, 3.63) is 69.7 Å². The minimum atomic E-state index is -0.515. The zero-order valence-corrected chi connectivity index (χ0v) is 11.0. The van der Waals surface area contributed by atoms with Crippen molar-refractivity contribution >= 4 is 11.6 Å². The molecule has 5 heteroatoms. The lowest BCUT2D eigenvalue weighted by Crippen LogP contribution is -2.29. The second-order valence-corrected chi connectivity index (χ2v) is 4.68. The molecule has 0 saturated carbocycles. The van der Waals surface area contributed by atoms with Crippen molar-refractivity contribution in [3.8, 4) is 0 Å². The van der Waals surface area contributed by atoms with E-state index in [4.69, 9.17) is 17.4 Å². The lowest BCUT2D eigenvalue weighted by molar-refractivity contribution is 0.598. The van der Waals surface area contributed by atoms with Crippen molar-refractivity contribution in [2.45, 2.75) is 13.0 Å². The van der Waals surface area contributed by atoms with E-state index in [1.807, 2.05) is 0 Å². The molecule has 0 aliphatic carbocycles. The van der Waals surface area contributed by atoms with Gasteiger partial charge in [0.15, 0.2) is 0 Å². The highest BCUT2D eigenvalue weighted by molar-refractivity contribution is 6.30.